The summed E-state index contributed by atoms with van der Waals surface area (Å²) in [6.45, 7) is 0. The molecule has 8 heteroatoms. The fraction of sp³-hybridized carbons (Fsp3) is 0. The van der Waals surface area contributed by atoms with Crippen LogP contribution in [0.25, 0.3) is 11.3 Å². The monoisotopic (exact) mass is 279 g/mol. The first-order chi connectivity index (χ1) is 8.84. The number of nitrogens with zero attached hydrogens (tertiary/aromatic N) is 1. The molecule has 0 aliphatic carbocycles. The van der Waals surface area contributed by atoms with Gasteiger partial charge in [-0.3, -0.25) is 0 Å². The van der Waals surface area contributed by atoms with Gasteiger partial charge in [-0.1, -0.05) is 0 Å². The van der Waals surface area contributed by atoms with Crippen LogP contribution in [-0.2, 0) is 0 Å². The summed E-state index contributed by atoms with van der Waals surface area (Å²) in [5.74, 6) is -13.3. The highest BCUT2D eigenvalue weighted by molar-refractivity contribution is 5.62. The van der Waals surface area contributed by atoms with Gasteiger partial charge in [0.15, 0.2) is 29.1 Å². The van der Waals surface area contributed by atoms with Gasteiger partial charge in [-0.2, -0.15) is 0 Å². The van der Waals surface area contributed by atoms with Crippen molar-refractivity contribution in [2.45, 2.75) is 0 Å². The zero-order chi connectivity index (χ0) is 14.3. The molecule has 0 fully saturated rings. The highest BCUT2D eigenvalue weighted by atomic mass is 19.2. The average molecular weight is 279 g/mol. The third-order valence-electron chi connectivity index (χ3n) is 2.27. The molecular weight excluding hydrogens is 276 g/mol. The van der Waals surface area contributed by atoms with Crippen molar-refractivity contribution in [3.8, 4) is 17.0 Å². The number of hydrogen-bond acceptors (Lipinski definition) is 2. The largest absolute Gasteiger partial charge is 0.506 e. The van der Waals surface area contributed by atoms with Crippen molar-refractivity contribution < 1.29 is 31.4 Å². The van der Waals surface area contributed by atoms with Crippen molar-refractivity contribution in [1.82, 2.24) is 4.98 Å². The molecule has 1 heterocycles. The van der Waals surface area contributed by atoms with E-state index in [1.165, 1.54) is 0 Å². The fourth-order valence-corrected chi connectivity index (χ4v) is 1.42. The van der Waals surface area contributed by atoms with E-state index in [1.54, 1.807) is 0 Å². The molecule has 0 bridgehead atoms. The van der Waals surface area contributed by atoms with Gasteiger partial charge in [0.05, 0.1) is 11.8 Å². The molecule has 1 aromatic heterocycles. The van der Waals surface area contributed by atoms with E-state index >= 15 is 0 Å². The van der Waals surface area contributed by atoms with Crippen molar-refractivity contribution in [3.05, 3.63) is 47.2 Å². The first-order valence-electron chi connectivity index (χ1n) is 4.71. The van der Waals surface area contributed by atoms with E-state index in [9.17, 15) is 26.3 Å². The molecule has 0 amide bonds. The number of aromatic nitrogens is 1. The Bertz CT molecular complexity index is 644. The van der Waals surface area contributed by atoms with Crippen LogP contribution < -0.4 is 0 Å². The maximum Gasteiger partial charge on any atom is 0.200 e. The lowest BCUT2D eigenvalue weighted by Crippen LogP contribution is -2.05. The molecular formula is C11H3F6NO. The van der Waals surface area contributed by atoms with Gasteiger partial charge in [-0.25, -0.2) is 31.3 Å². The molecule has 0 radical (unpaired) electrons. The first-order valence-corrected chi connectivity index (χ1v) is 4.71. The van der Waals surface area contributed by atoms with Gasteiger partial charge in [-0.05, 0) is 0 Å². The summed E-state index contributed by atoms with van der Waals surface area (Å²) in [4.78, 5) is 3.12. The maximum absolute atomic E-state index is 13.4. The van der Waals surface area contributed by atoms with Crippen molar-refractivity contribution in [2.75, 3.05) is 0 Å². The topological polar surface area (TPSA) is 33.1 Å². The molecule has 2 rings (SSSR count). The summed E-state index contributed by atoms with van der Waals surface area (Å²) >= 11 is 0. The summed E-state index contributed by atoms with van der Waals surface area (Å²) in [5.41, 5.74) is -2.58. The first kappa shape index (κ1) is 13.2. The van der Waals surface area contributed by atoms with E-state index in [-0.39, 0.29) is 0 Å². The van der Waals surface area contributed by atoms with Gasteiger partial charge in [0.2, 0.25) is 5.82 Å². The van der Waals surface area contributed by atoms with E-state index in [0.29, 0.717) is 12.3 Å². The summed E-state index contributed by atoms with van der Waals surface area (Å²) in [6.07, 6.45) is 0.608. The highest BCUT2D eigenvalue weighted by Gasteiger charge is 2.28. The number of aromatic hydroxyl groups is 1. The van der Waals surface area contributed by atoms with Crippen LogP contribution in [-0.4, -0.2) is 10.1 Å². The molecule has 100 valence electrons. The number of hydrogen-bond donors (Lipinski definition) is 1. The van der Waals surface area contributed by atoms with Crippen molar-refractivity contribution in [1.29, 1.82) is 0 Å². The minimum absolute atomic E-state index is 0.431. The van der Waals surface area contributed by atoms with E-state index in [4.69, 9.17) is 5.11 Å². The van der Waals surface area contributed by atoms with E-state index < -0.39 is 51.9 Å². The average Bonchev–Trinajstić information content (AvgIpc) is 2.37. The van der Waals surface area contributed by atoms with Crippen LogP contribution in [0.5, 0.6) is 5.75 Å². The second-order valence-corrected chi connectivity index (χ2v) is 3.47. The normalized spacial score (nSPS) is 10.8. The highest BCUT2D eigenvalue weighted by Crippen LogP contribution is 2.32. The van der Waals surface area contributed by atoms with Gasteiger partial charge >= 0.3 is 0 Å². The molecule has 1 N–H and O–H groups in total. The number of rotatable bonds is 1. The Hall–Kier alpha value is -2.25. The molecule has 0 spiro atoms. The van der Waals surface area contributed by atoms with Crippen LogP contribution >= 0.6 is 0 Å². The lowest BCUT2D eigenvalue weighted by Gasteiger charge is -2.08. The van der Waals surface area contributed by atoms with Gasteiger partial charge in [0.1, 0.15) is 11.4 Å². The van der Waals surface area contributed by atoms with Crippen LogP contribution in [0.2, 0.25) is 0 Å². The zero-order valence-corrected chi connectivity index (χ0v) is 8.82. The summed E-state index contributed by atoms with van der Waals surface area (Å²) in [6, 6.07) is 0.431. The van der Waals surface area contributed by atoms with Gasteiger partial charge in [0, 0.05) is 6.07 Å². The molecule has 0 saturated carbocycles. The number of benzene rings is 1. The van der Waals surface area contributed by atoms with Crippen LogP contribution in [0.3, 0.4) is 0 Å². The Kier molecular flexibility index (Phi) is 3.09. The molecule has 19 heavy (non-hydrogen) atoms. The Morgan fingerprint density at radius 3 is 1.74 bits per heavy atom. The maximum atomic E-state index is 13.4. The lowest BCUT2D eigenvalue weighted by atomic mass is 10.1. The smallest absolute Gasteiger partial charge is 0.200 e. The minimum atomic E-state index is -2.35. The fourth-order valence-electron chi connectivity index (χ4n) is 1.42. The molecule has 0 unspecified atom stereocenters. The van der Waals surface area contributed by atoms with Crippen molar-refractivity contribution in [3.63, 3.8) is 0 Å². The second-order valence-electron chi connectivity index (χ2n) is 3.47. The van der Waals surface area contributed by atoms with E-state index in [0.717, 1.165) is 0 Å². The Morgan fingerprint density at radius 1 is 0.789 bits per heavy atom. The molecule has 0 aliphatic heterocycles. The van der Waals surface area contributed by atoms with E-state index in [2.05, 4.69) is 4.98 Å². The standard InChI is InChI=1S/C11H3F6NO/c12-4-1-3(19)2-18-11(4)5-6(13)8(15)10(17)9(16)7(5)14/h1-2,19H. The van der Waals surface area contributed by atoms with Gasteiger partial charge < -0.3 is 5.11 Å². The van der Waals surface area contributed by atoms with Crippen molar-refractivity contribution in [2.24, 2.45) is 0 Å². The number of pyridine rings is 1. The van der Waals surface area contributed by atoms with E-state index in [1.807, 2.05) is 0 Å². The Morgan fingerprint density at radius 2 is 1.26 bits per heavy atom. The predicted octanol–water partition coefficient (Wildman–Crippen LogP) is 3.29. The summed E-state index contributed by atoms with van der Waals surface area (Å²) in [7, 11) is 0. The third kappa shape index (κ3) is 1.98. The Balaban J connectivity index is 2.83. The van der Waals surface area contributed by atoms with Crippen LogP contribution in [0, 0.1) is 34.9 Å². The third-order valence-corrected chi connectivity index (χ3v) is 2.27. The lowest BCUT2D eigenvalue weighted by molar-refractivity contribution is 0.380. The molecule has 0 atom stereocenters. The SMILES string of the molecule is Oc1cnc(-c2c(F)c(F)c(F)c(F)c2F)c(F)c1. The molecule has 1 aromatic carbocycles. The quantitative estimate of drug-likeness (QED) is 0.493. The minimum Gasteiger partial charge on any atom is -0.506 e. The summed E-state index contributed by atoms with van der Waals surface area (Å²) < 4.78 is 78.8. The van der Waals surface area contributed by atoms with Crippen LogP contribution in [0.4, 0.5) is 26.3 Å². The molecule has 0 saturated heterocycles. The number of halogens is 6. The zero-order valence-electron chi connectivity index (χ0n) is 8.82. The summed E-state index contributed by atoms with van der Waals surface area (Å²) in [5, 5.41) is 8.88. The van der Waals surface area contributed by atoms with Crippen LogP contribution in [0.1, 0.15) is 0 Å². The van der Waals surface area contributed by atoms with Gasteiger partial charge in [-0.15, -0.1) is 0 Å². The van der Waals surface area contributed by atoms with Crippen LogP contribution in [0.15, 0.2) is 12.3 Å². The van der Waals surface area contributed by atoms with Crippen molar-refractivity contribution >= 4 is 0 Å². The molecule has 2 aromatic rings. The van der Waals surface area contributed by atoms with Gasteiger partial charge in [0.25, 0.3) is 0 Å². The second kappa shape index (κ2) is 4.45. The predicted molar refractivity (Wildman–Crippen MR) is 51.1 cm³/mol. The molecule has 0 aliphatic rings. The molecule has 2 nitrogen and oxygen atoms in total. The Labute approximate surface area is 101 Å².